The number of aryl methyl sites for hydroxylation is 2. The van der Waals surface area contributed by atoms with E-state index in [9.17, 15) is 18.0 Å². The largest absolute Gasteiger partial charge is 0.350 e. The first kappa shape index (κ1) is 30.2. The second-order valence-corrected chi connectivity index (χ2v) is 13.0. The van der Waals surface area contributed by atoms with E-state index in [4.69, 9.17) is 11.6 Å². The smallest absolute Gasteiger partial charge is 0.264 e. The Balaban J connectivity index is 2.04. The number of rotatable bonds is 9. The fourth-order valence-corrected chi connectivity index (χ4v) is 5.54. The van der Waals surface area contributed by atoms with Crippen LogP contribution in [0.3, 0.4) is 0 Å². The molecule has 3 aromatic rings. The first-order valence-electron chi connectivity index (χ1n) is 12.7. The highest BCUT2D eigenvalue weighted by Gasteiger charge is 2.33. The van der Waals surface area contributed by atoms with Crippen molar-refractivity contribution in [3.8, 4) is 0 Å². The molecule has 1 N–H and O–H groups in total. The molecule has 39 heavy (non-hydrogen) atoms. The van der Waals surface area contributed by atoms with Crippen molar-refractivity contribution in [1.29, 1.82) is 0 Å². The Morgan fingerprint density at radius 3 is 2.08 bits per heavy atom. The van der Waals surface area contributed by atoms with Crippen LogP contribution in [0, 0.1) is 13.8 Å². The summed E-state index contributed by atoms with van der Waals surface area (Å²) in [5.41, 5.74) is 2.61. The Hall–Kier alpha value is -3.36. The average molecular weight is 570 g/mol. The van der Waals surface area contributed by atoms with Crippen molar-refractivity contribution in [3.05, 3.63) is 94.5 Å². The molecule has 0 fully saturated rings. The van der Waals surface area contributed by atoms with Gasteiger partial charge in [0.25, 0.3) is 10.0 Å². The summed E-state index contributed by atoms with van der Waals surface area (Å²) in [4.78, 5) is 28.6. The van der Waals surface area contributed by atoms with E-state index in [2.05, 4.69) is 5.32 Å². The quantitative estimate of drug-likeness (QED) is 0.369. The molecule has 0 heterocycles. The molecule has 0 unspecified atom stereocenters. The van der Waals surface area contributed by atoms with Crippen molar-refractivity contribution >= 4 is 39.1 Å². The molecule has 7 nitrogen and oxygen atoms in total. The summed E-state index contributed by atoms with van der Waals surface area (Å²) in [7, 11) is -4.14. The van der Waals surface area contributed by atoms with Crippen LogP contribution in [-0.4, -0.2) is 43.3 Å². The molecule has 0 aliphatic heterocycles. The van der Waals surface area contributed by atoms with E-state index < -0.39 is 34.1 Å². The molecule has 0 saturated carbocycles. The maximum absolute atomic E-state index is 14.0. The third-order valence-electron chi connectivity index (χ3n) is 6.27. The number of benzene rings is 3. The van der Waals surface area contributed by atoms with Crippen molar-refractivity contribution in [2.45, 2.75) is 64.6 Å². The zero-order valence-electron chi connectivity index (χ0n) is 23.2. The maximum Gasteiger partial charge on any atom is 0.264 e. The number of amides is 2. The van der Waals surface area contributed by atoms with Crippen molar-refractivity contribution in [2.75, 3.05) is 10.8 Å². The Bertz CT molecular complexity index is 1420. The van der Waals surface area contributed by atoms with E-state index in [1.165, 1.54) is 29.2 Å². The van der Waals surface area contributed by atoms with Crippen molar-refractivity contribution in [1.82, 2.24) is 10.2 Å². The molecule has 2 amide bonds. The lowest BCUT2D eigenvalue weighted by Gasteiger charge is -2.33. The molecule has 9 heteroatoms. The number of nitrogens with zero attached hydrogens (tertiary/aromatic N) is 2. The molecule has 0 aromatic heterocycles. The molecule has 1 atom stereocenters. The summed E-state index contributed by atoms with van der Waals surface area (Å²) >= 11 is 5.99. The molecular weight excluding hydrogens is 534 g/mol. The molecule has 0 aliphatic carbocycles. The lowest BCUT2D eigenvalue weighted by atomic mass is 10.1. The number of sulfonamides is 1. The fraction of sp³-hybridized carbons (Fsp3) is 0.333. The zero-order chi connectivity index (χ0) is 29.0. The standard InChI is InChI=1S/C30H36ClN3O4S/c1-21-11-15-26(16-12-21)34(39(37,38)27-17-13-25(31)14-18-27)20-28(35)33(19-24-10-8-7-9-22(24)2)23(3)29(36)32-30(4,5)6/h7-18,23H,19-20H2,1-6H3,(H,32,36)/t23-/m0/s1. The zero-order valence-corrected chi connectivity index (χ0v) is 24.8. The lowest BCUT2D eigenvalue weighted by molar-refractivity contribution is -0.140. The van der Waals surface area contributed by atoms with E-state index in [0.29, 0.717) is 10.7 Å². The number of nitrogens with one attached hydrogen (secondary N) is 1. The van der Waals surface area contributed by atoms with Crippen LogP contribution in [0.5, 0.6) is 0 Å². The summed E-state index contributed by atoms with van der Waals surface area (Å²) in [6.07, 6.45) is 0. The number of hydrogen-bond donors (Lipinski definition) is 1. The Kier molecular flexibility index (Phi) is 9.46. The minimum atomic E-state index is -4.14. The van der Waals surface area contributed by atoms with Gasteiger partial charge in [-0.3, -0.25) is 13.9 Å². The Morgan fingerprint density at radius 2 is 1.51 bits per heavy atom. The maximum atomic E-state index is 14.0. The van der Waals surface area contributed by atoms with Gasteiger partial charge in [0.2, 0.25) is 11.8 Å². The van der Waals surface area contributed by atoms with Crippen LogP contribution in [0.4, 0.5) is 5.69 Å². The number of hydrogen-bond acceptors (Lipinski definition) is 4. The van der Waals surface area contributed by atoms with Crippen LogP contribution in [0.25, 0.3) is 0 Å². The predicted octanol–water partition coefficient (Wildman–Crippen LogP) is 5.48. The lowest BCUT2D eigenvalue weighted by Crippen LogP contribution is -2.54. The predicted molar refractivity (Wildman–Crippen MR) is 156 cm³/mol. The van der Waals surface area contributed by atoms with Crippen LogP contribution < -0.4 is 9.62 Å². The number of halogens is 1. The number of anilines is 1. The molecule has 3 rings (SSSR count). The van der Waals surface area contributed by atoms with E-state index in [1.54, 1.807) is 31.2 Å². The molecule has 3 aromatic carbocycles. The first-order chi connectivity index (χ1) is 18.2. The van der Waals surface area contributed by atoms with Gasteiger partial charge in [-0.15, -0.1) is 0 Å². The second-order valence-electron chi connectivity index (χ2n) is 10.7. The van der Waals surface area contributed by atoms with Crippen LogP contribution >= 0.6 is 11.6 Å². The highest BCUT2D eigenvalue weighted by atomic mass is 35.5. The van der Waals surface area contributed by atoms with Crippen LogP contribution in [0.15, 0.2) is 77.7 Å². The number of carbonyl (C=O) groups is 2. The highest BCUT2D eigenvalue weighted by molar-refractivity contribution is 7.92. The Morgan fingerprint density at radius 1 is 0.923 bits per heavy atom. The normalized spacial score (nSPS) is 12.5. The molecule has 0 aliphatic rings. The third kappa shape index (κ3) is 7.83. The van der Waals surface area contributed by atoms with Crippen LogP contribution in [-0.2, 0) is 26.2 Å². The van der Waals surface area contributed by atoms with Gasteiger partial charge < -0.3 is 10.2 Å². The molecule has 0 spiro atoms. The van der Waals surface area contributed by atoms with Gasteiger partial charge in [0.15, 0.2) is 0 Å². The topological polar surface area (TPSA) is 86.8 Å². The van der Waals surface area contributed by atoms with Crippen LogP contribution in [0.2, 0.25) is 5.02 Å². The molecule has 208 valence electrons. The van der Waals surface area contributed by atoms with E-state index in [0.717, 1.165) is 21.0 Å². The van der Waals surface area contributed by atoms with Gasteiger partial charge in [-0.2, -0.15) is 0 Å². The van der Waals surface area contributed by atoms with E-state index in [1.807, 2.05) is 58.9 Å². The summed E-state index contributed by atoms with van der Waals surface area (Å²) in [5, 5.41) is 3.33. The monoisotopic (exact) mass is 569 g/mol. The number of carbonyl (C=O) groups excluding carboxylic acids is 2. The molecule has 0 radical (unpaired) electrons. The van der Waals surface area contributed by atoms with Gasteiger partial charge in [-0.1, -0.05) is 53.6 Å². The SMILES string of the molecule is Cc1ccc(N(CC(=O)N(Cc2ccccc2C)[C@@H](C)C(=O)NC(C)(C)C)S(=O)(=O)c2ccc(Cl)cc2)cc1. The molecule has 0 bridgehead atoms. The summed E-state index contributed by atoms with van der Waals surface area (Å²) in [6, 6.07) is 19.5. The second kappa shape index (κ2) is 12.2. The van der Waals surface area contributed by atoms with E-state index >= 15 is 0 Å². The average Bonchev–Trinajstić information content (AvgIpc) is 2.86. The van der Waals surface area contributed by atoms with Crippen molar-refractivity contribution in [2.24, 2.45) is 0 Å². The van der Waals surface area contributed by atoms with Gasteiger partial charge in [0.1, 0.15) is 12.6 Å². The minimum Gasteiger partial charge on any atom is -0.350 e. The highest BCUT2D eigenvalue weighted by Crippen LogP contribution is 2.26. The van der Waals surface area contributed by atoms with Gasteiger partial charge >= 0.3 is 0 Å². The fourth-order valence-electron chi connectivity index (χ4n) is 4.00. The summed E-state index contributed by atoms with van der Waals surface area (Å²) < 4.78 is 28.7. The summed E-state index contributed by atoms with van der Waals surface area (Å²) in [5.74, 6) is -0.834. The minimum absolute atomic E-state index is 0.00394. The van der Waals surface area contributed by atoms with Crippen molar-refractivity contribution in [3.63, 3.8) is 0 Å². The first-order valence-corrected chi connectivity index (χ1v) is 14.5. The van der Waals surface area contributed by atoms with Crippen LogP contribution in [0.1, 0.15) is 44.4 Å². The molecular formula is C30H36ClN3O4S. The molecule has 0 saturated heterocycles. The van der Waals surface area contributed by atoms with Crippen molar-refractivity contribution < 1.29 is 18.0 Å². The van der Waals surface area contributed by atoms with E-state index in [-0.39, 0.29) is 17.3 Å². The van der Waals surface area contributed by atoms with Gasteiger partial charge in [0, 0.05) is 17.1 Å². The van der Waals surface area contributed by atoms with Gasteiger partial charge in [0.05, 0.1) is 10.6 Å². The van der Waals surface area contributed by atoms with Gasteiger partial charge in [-0.25, -0.2) is 8.42 Å². The summed E-state index contributed by atoms with van der Waals surface area (Å²) in [6.45, 7) is 10.7. The third-order valence-corrected chi connectivity index (χ3v) is 8.31. The van der Waals surface area contributed by atoms with Gasteiger partial charge in [-0.05, 0) is 89.1 Å². The Labute approximate surface area is 236 Å².